The summed E-state index contributed by atoms with van der Waals surface area (Å²) in [5.41, 5.74) is -2.77. The molecule has 12 heteroatoms. The van der Waals surface area contributed by atoms with Crippen LogP contribution in [0.15, 0.2) is 53.7 Å². The quantitative estimate of drug-likeness (QED) is 0.474. The Bertz CT molecular complexity index is 1280. The number of hydrogen-bond acceptors (Lipinski definition) is 7. The lowest BCUT2D eigenvalue weighted by Crippen LogP contribution is -2.33. The molecule has 1 aliphatic heterocycles. The molecule has 35 heavy (non-hydrogen) atoms. The Morgan fingerprint density at radius 1 is 1.29 bits per heavy atom. The molecule has 0 unspecified atom stereocenters. The molecule has 0 radical (unpaired) electrons. The summed E-state index contributed by atoms with van der Waals surface area (Å²) >= 11 is 4.76. The smallest absolute Gasteiger partial charge is 0.420 e. The Kier molecular flexibility index (Phi) is 6.99. The lowest BCUT2D eigenvalue weighted by molar-refractivity contribution is -0.0964. The van der Waals surface area contributed by atoms with E-state index < -0.39 is 11.5 Å². The van der Waals surface area contributed by atoms with Gasteiger partial charge in [0.1, 0.15) is 11.6 Å². The van der Waals surface area contributed by atoms with Crippen LogP contribution in [0, 0.1) is 0 Å². The number of anilines is 2. The normalized spacial score (nSPS) is 15.8. The standard InChI is InChI=1S/C23H22ClF2N5O4/c1-30-13-28-19(10-20(30)33)18-9-14(11-27-21(18)31-8-2-3-16(31)12-32)22(34)29-15-4-6-17(7-5-15)35-23(24,25)26/h4-7,9-11,13,16,32H,2-3,8,12H2,1H3,(H,29,34)/t16-/m1/s1. The summed E-state index contributed by atoms with van der Waals surface area (Å²) in [7, 11) is 1.58. The second-order valence-corrected chi connectivity index (χ2v) is 8.46. The first-order valence-corrected chi connectivity index (χ1v) is 11.1. The minimum Gasteiger partial charge on any atom is -0.420 e. The molecule has 1 aromatic carbocycles. The number of halogens is 3. The van der Waals surface area contributed by atoms with Gasteiger partial charge in [-0.1, -0.05) is 0 Å². The van der Waals surface area contributed by atoms with E-state index in [1.54, 1.807) is 13.1 Å². The van der Waals surface area contributed by atoms with E-state index >= 15 is 0 Å². The third-order valence-corrected chi connectivity index (χ3v) is 5.67. The summed E-state index contributed by atoms with van der Waals surface area (Å²) in [5, 5.41) is 12.4. The van der Waals surface area contributed by atoms with Crippen LogP contribution in [0.5, 0.6) is 5.75 Å². The summed E-state index contributed by atoms with van der Waals surface area (Å²) in [6.45, 7) is 0.611. The Balaban J connectivity index is 1.65. The maximum absolute atomic E-state index is 12.9. The fraction of sp³-hybridized carbons (Fsp3) is 0.304. The number of nitrogens with zero attached hydrogens (tertiary/aromatic N) is 4. The number of aryl methyl sites for hydroxylation is 1. The molecule has 0 spiro atoms. The van der Waals surface area contributed by atoms with Crippen molar-refractivity contribution in [3.63, 3.8) is 0 Å². The molecule has 1 saturated heterocycles. The van der Waals surface area contributed by atoms with Crippen LogP contribution in [0.1, 0.15) is 23.2 Å². The topological polar surface area (TPSA) is 110 Å². The van der Waals surface area contributed by atoms with Gasteiger partial charge in [-0.05, 0) is 43.2 Å². The number of aliphatic hydroxyl groups is 1. The molecule has 1 amide bonds. The molecule has 184 valence electrons. The zero-order valence-electron chi connectivity index (χ0n) is 18.6. The number of aromatic nitrogens is 3. The van der Waals surface area contributed by atoms with Crippen molar-refractivity contribution in [2.45, 2.75) is 24.5 Å². The number of ether oxygens (including phenoxy) is 1. The number of carbonyl (C=O) groups is 1. The minimum atomic E-state index is -3.84. The second-order valence-electron chi connectivity index (χ2n) is 8.02. The van der Waals surface area contributed by atoms with Gasteiger partial charge >= 0.3 is 5.57 Å². The van der Waals surface area contributed by atoms with Crippen molar-refractivity contribution in [1.29, 1.82) is 0 Å². The number of aliphatic hydroxyl groups excluding tert-OH is 1. The van der Waals surface area contributed by atoms with Crippen LogP contribution in [0.25, 0.3) is 11.3 Å². The highest BCUT2D eigenvalue weighted by atomic mass is 35.5. The average molecular weight is 506 g/mol. The van der Waals surface area contributed by atoms with Crippen LogP contribution in [0.3, 0.4) is 0 Å². The van der Waals surface area contributed by atoms with Gasteiger partial charge in [0.15, 0.2) is 0 Å². The lowest BCUT2D eigenvalue weighted by atomic mass is 10.1. The van der Waals surface area contributed by atoms with Gasteiger partial charge in [0.2, 0.25) is 0 Å². The zero-order chi connectivity index (χ0) is 25.2. The first-order valence-electron chi connectivity index (χ1n) is 10.7. The molecule has 4 rings (SSSR count). The number of benzene rings is 1. The highest BCUT2D eigenvalue weighted by Crippen LogP contribution is 2.33. The van der Waals surface area contributed by atoms with E-state index in [4.69, 9.17) is 11.6 Å². The molecule has 1 aliphatic rings. The fourth-order valence-corrected chi connectivity index (χ4v) is 3.94. The van der Waals surface area contributed by atoms with Gasteiger partial charge in [-0.2, -0.15) is 0 Å². The fourth-order valence-electron chi connectivity index (χ4n) is 3.86. The van der Waals surface area contributed by atoms with Gasteiger partial charge in [0.25, 0.3) is 11.5 Å². The lowest BCUT2D eigenvalue weighted by Gasteiger charge is -2.26. The van der Waals surface area contributed by atoms with Crippen LogP contribution >= 0.6 is 11.6 Å². The molecule has 9 nitrogen and oxygen atoms in total. The molecule has 0 saturated carbocycles. The highest BCUT2D eigenvalue weighted by molar-refractivity contribution is 6.20. The summed E-state index contributed by atoms with van der Waals surface area (Å²) < 4.78 is 31.1. The van der Waals surface area contributed by atoms with Gasteiger partial charge in [0, 0.05) is 48.7 Å². The summed E-state index contributed by atoms with van der Waals surface area (Å²) in [6.07, 6.45) is 4.44. The SMILES string of the molecule is Cn1cnc(-c2cc(C(=O)Nc3ccc(OC(F)(F)Cl)cc3)cnc2N2CCC[C@@H]2CO)cc1=O. The second kappa shape index (κ2) is 9.96. The van der Waals surface area contributed by atoms with Gasteiger partial charge in [0.05, 0.1) is 30.2 Å². The van der Waals surface area contributed by atoms with E-state index in [9.17, 15) is 23.5 Å². The number of alkyl halides is 3. The van der Waals surface area contributed by atoms with E-state index in [1.165, 1.54) is 47.4 Å². The number of carbonyl (C=O) groups excluding carboxylic acids is 1. The number of nitrogens with one attached hydrogen (secondary N) is 1. The Morgan fingerprint density at radius 2 is 2.03 bits per heavy atom. The van der Waals surface area contributed by atoms with Crippen molar-refractivity contribution >= 4 is 29.0 Å². The van der Waals surface area contributed by atoms with E-state index in [-0.39, 0.29) is 29.5 Å². The van der Waals surface area contributed by atoms with Crippen LogP contribution in [-0.4, -0.2) is 50.3 Å². The number of pyridine rings is 1. The predicted molar refractivity (Wildman–Crippen MR) is 126 cm³/mol. The first-order chi connectivity index (χ1) is 16.6. The van der Waals surface area contributed by atoms with Gasteiger partial charge in [-0.25, -0.2) is 9.97 Å². The highest BCUT2D eigenvalue weighted by Gasteiger charge is 2.29. The van der Waals surface area contributed by atoms with Crippen LogP contribution < -0.4 is 20.5 Å². The van der Waals surface area contributed by atoms with Gasteiger partial charge in [-0.3, -0.25) is 9.59 Å². The minimum absolute atomic E-state index is 0.0529. The molecular formula is C23H22ClF2N5O4. The maximum atomic E-state index is 12.9. The van der Waals surface area contributed by atoms with Crippen molar-refractivity contribution in [2.24, 2.45) is 7.05 Å². The van der Waals surface area contributed by atoms with Crippen molar-refractivity contribution < 1.29 is 23.4 Å². The Labute approximate surface area is 204 Å². The largest absolute Gasteiger partial charge is 0.487 e. The van der Waals surface area contributed by atoms with Gasteiger partial charge in [-0.15, -0.1) is 8.78 Å². The molecular weight excluding hydrogens is 484 g/mol. The van der Waals surface area contributed by atoms with E-state index in [0.717, 1.165) is 12.8 Å². The van der Waals surface area contributed by atoms with Crippen LogP contribution in [0.4, 0.5) is 20.3 Å². The van der Waals surface area contributed by atoms with Gasteiger partial charge < -0.3 is 24.6 Å². The van der Waals surface area contributed by atoms with Crippen molar-refractivity contribution in [3.05, 3.63) is 64.8 Å². The number of hydrogen-bond donors (Lipinski definition) is 2. The first kappa shape index (κ1) is 24.6. The predicted octanol–water partition coefficient (Wildman–Crippen LogP) is 3.22. The average Bonchev–Trinajstić information content (AvgIpc) is 3.29. The Hall–Kier alpha value is -3.57. The molecule has 2 N–H and O–H groups in total. The molecule has 3 aromatic rings. The summed E-state index contributed by atoms with van der Waals surface area (Å²) in [6, 6.07) is 8.06. The molecule has 0 aliphatic carbocycles. The van der Waals surface area contributed by atoms with Crippen molar-refractivity contribution in [3.8, 4) is 17.0 Å². The van der Waals surface area contributed by atoms with Crippen LogP contribution in [-0.2, 0) is 7.05 Å². The molecule has 1 fully saturated rings. The van der Waals surface area contributed by atoms with Crippen molar-refractivity contribution in [1.82, 2.24) is 14.5 Å². The Morgan fingerprint density at radius 3 is 2.69 bits per heavy atom. The molecule has 1 atom stereocenters. The number of rotatable bonds is 7. The third kappa shape index (κ3) is 5.75. The third-order valence-electron chi connectivity index (χ3n) is 5.59. The van der Waals surface area contributed by atoms with E-state index in [1.807, 2.05) is 4.90 Å². The molecule has 3 heterocycles. The molecule has 0 bridgehead atoms. The number of amides is 1. The zero-order valence-corrected chi connectivity index (χ0v) is 19.4. The van der Waals surface area contributed by atoms with Crippen molar-refractivity contribution in [2.75, 3.05) is 23.4 Å². The van der Waals surface area contributed by atoms with E-state index in [0.29, 0.717) is 29.3 Å². The summed E-state index contributed by atoms with van der Waals surface area (Å²) in [5.74, 6) is -0.162. The molecule has 2 aromatic heterocycles. The van der Waals surface area contributed by atoms with E-state index in [2.05, 4.69) is 20.0 Å². The maximum Gasteiger partial charge on any atom is 0.487 e. The monoisotopic (exact) mass is 505 g/mol. The summed E-state index contributed by atoms with van der Waals surface area (Å²) in [4.78, 5) is 35.9. The van der Waals surface area contributed by atoms with Crippen LogP contribution in [0.2, 0.25) is 0 Å².